The smallest absolute Gasteiger partial charge is 0.325 e. The third-order valence-corrected chi connectivity index (χ3v) is 4.84. The van der Waals surface area contributed by atoms with E-state index in [0.29, 0.717) is 0 Å². The molecule has 2 nitrogen and oxygen atoms in total. The fourth-order valence-corrected chi connectivity index (χ4v) is 3.28. The van der Waals surface area contributed by atoms with Crippen LogP contribution < -0.4 is 0 Å². The molecule has 2 rings (SSSR count). The molecule has 0 aromatic heterocycles. The van der Waals surface area contributed by atoms with Gasteiger partial charge in [-0.1, -0.05) is 54.6 Å². The summed E-state index contributed by atoms with van der Waals surface area (Å²) in [6.07, 6.45) is 0. The number of hydrogen-bond acceptors (Lipinski definition) is 2. The van der Waals surface area contributed by atoms with Gasteiger partial charge in [-0.25, -0.2) is 0 Å². The Hall–Kier alpha value is -1.42. The van der Waals surface area contributed by atoms with Crippen LogP contribution >= 0.6 is 0 Å². The van der Waals surface area contributed by atoms with Crippen LogP contribution in [0.5, 0.6) is 0 Å². The molecular formula is C15H18O2Si. The van der Waals surface area contributed by atoms with E-state index in [0.717, 1.165) is 6.04 Å². The highest BCUT2D eigenvalue weighted by Crippen LogP contribution is 2.24. The molecule has 0 saturated carbocycles. The summed E-state index contributed by atoms with van der Waals surface area (Å²) < 4.78 is 10.8. The van der Waals surface area contributed by atoms with Gasteiger partial charge in [-0.3, -0.25) is 0 Å². The Morgan fingerprint density at radius 1 is 0.833 bits per heavy atom. The number of hydrogen-bond donors (Lipinski definition) is 0. The van der Waals surface area contributed by atoms with Gasteiger partial charge in [0.15, 0.2) is 0 Å². The average Bonchev–Trinajstić information content (AvgIpc) is 2.46. The molecule has 0 bridgehead atoms. The lowest BCUT2D eigenvalue weighted by atomic mass is 10.0. The normalized spacial score (nSPS) is 10.8. The summed E-state index contributed by atoms with van der Waals surface area (Å²) in [5, 5.41) is 0. The zero-order valence-corrected chi connectivity index (χ0v) is 12.0. The Kier molecular flexibility index (Phi) is 4.70. The van der Waals surface area contributed by atoms with E-state index < -0.39 is 9.28 Å². The Bertz CT molecular complexity index is 481. The molecule has 0 heterocycles. The lowest BCUT2D eigenvalue weighted by Gasteiger charge is -2.14. The van der Waals surface area contributed by atoms with Gasteiger partial charge in [-0.15, -0.1) is 0 Å². The fourth-order valence-electron chi connectivity index (χ4n) is 2.04. The Labute approximate surface area is 110 Å². The first-order valence-electron chi connectivity index (χ1n) is 6.04. The van der Waals surface area contributed by atoms with Crippen LogP contribution in [0.25, 0.3) is 11.1 Å². The summed E-state index contributed by atoms with van der Waals surface area (Å²) in [6, 6.07) is 19.8. The topological polar surface area (TPSA) is 18.5 Å². The highest BCUT2D eigenvalue weighted by Gasteiger charge is 2.13. The monoisotopic (exact) mass is 258 g/mol. The summed E-state index contributed by atoms with van der Waals surface area (Å²) in [6.45, 7) is 0. The lowest BCUT2D eigenvalue weighted by molar-refractivity contribution is 0.277. The van der Waals surface area contributed by atoms with Crippen LogP contribution in [-0.4, -0.2) is 23.5 Å². The van der Waals surface area contributed by atoms with E-state index in [4.69, 9.17) is 8.85 Å². The van der Waals surface area contributed by atoms with Gasteiger partial charge in [0.2, 0.25) is 0 Å². The molecule has 0 radical (unpaired) electrons. The van der Waals surface area contributed by atoms with Crippen molar-refractivity contribution in [2.45, 2.75) is 6.04 Å². The zero-order chi connectivity index (χ0) is 12.8. The van der Waals surface area contributed by atoms with Crippen molar-refractivity contribution in [2.75, 3.05) is 14.2 Å². The minimum absolute atomic E-state index is 0.887. The van der Waals surface area contributed by atoms with Crippen molar-refractivity contribution in [1.82, 2.24) is 0 Å². The molecule has 2 aromatic rings. The van der Waals surface area contributed by atoms with Gasteiger partial charge in [0.05, 0.1) is 0 Å². The van der Waals surface area contributed by atoms with Crippen molar-refractivity contribution in [1.29, 1.82) is 0 Å². The summed E-state index contributed by atoms with van der Waals surface area (Å²) in [5.41, 5.74) is 3.81. The van der Waals surface area contributed by atoms with Crippen molar-refractivity contribution < 1.29 is 8.85 Å². The first-order valence-corrected chi connectivity index (χ1v) is 7.80. The minimum atomic E-state index is -1.57. The predicted octanol–water partition coefficient (Wildman–Crippen LogP) is 2.95. The maximum absolute atomic E-state index is 5.41. The van der Waals surface area contributed by atoms with E-state index in [2.05, 4.69) is 48.5 Å². The second-order valence-corrected chi connectivity index (χ2v) is 6.34. The summed E-state index contributed by atoms with van der Waals surface area (Å²) in [4.78, 5) is 0. The molecule has 0 spiro atoms. The lowest BCUT2D eigenvalue weighted by Crippen LogP contribution is -2.23. The van der Waals surface area contributed by atoms with Crippen LogP contribution in [0.1, 0.15) is 5.56 Å². The van der Waals surface area contributed by atoms with Crippen LogP contribution in [0, 0.1) is 0 Å². The molecule has 94 valence electrons. The molecule has 0 N–H and O–H groups in total. The van der Waals surface area contributed by atoms with E-state index in [-0.39, 0.29) is 0 Å². The van der Waals surface area contributed by atoms with Crippen LogP contribution in [0.2, 0.25) is 0 Å². The van der Waals surface area contributed by atoms with E-state index in [1.807, 2.05) is 6.07 Å². The van der Waals surface area contributed by atoms with Gasteiger partial charge in [0, 0.05) is 20.3 Å². The number of benzene rings is 2. The first kappa shape index (κ1) is 13.0. The van der Waals surface area contributed by atoms with Gasteiger partial charge < -0.3 is 8.85 Å². The van der Waals surface area contributed by atoms with E-state index in [1.165, 1.54) is 16.7 Å². The first-order chi connectivity index (χ1) is 8.85. The zero-order valence-electron chi connectivity index (χ0n) is 10.8. The largest absolute Gasteiger partial charge is 0.400 e. The third kappa shape index (κ3) is 3.07. The van der Waals surface area contributed by atoms with E-state index in [1.54, 1.807) is 14.2 Å². The molecule has 0 saturated heterocycles. The van der Waals surface area contributed by atoms with E-state index >= 15 is 0 Å². The summed E-state index contributed by atoms with van der Waals surface area (Å²) in [5.74, 6) is 0. The highest BCUT2D eigenvalue weighted by molar-refractivity contribution is 6.43. The molecule has 0 fully saturated rings. The van der Waals surface area contributed by atoms with Gasteiger partial charge >= 0.3 is 9.28 Å². The third-order valence-electron chi connectivity index (χ3n) is 3.01. The summed E-state index contributed by atoms with van der Waals surface area (Å²) in [7, 11) is 1.89. The molecule has 0 aliphatic heterocycles. The van der Waals surface area contributed by atoms with Gasteiger partial charge in [-0.05, 0) is 16.7 Å². The van der Waals surface area contributed by atoms with Crippen LogP contribution in [0.3, 0.4) is 0 Å². The quantitative estimate of drug-likeness (QED) is 0.768. The highest BCUT2D eigenvalue weighted by atomic mass is 28.3. The molecule has 0 aliphatic rings. The molecular weight excluding hydrogens is 240 g/mol. The molecule has 18 heavy (non-hydrogen) atoms. The van der Waals surface area contributed by atoms with E-state index in [9.17, 15) is 0 Å². The molecule has 3 heteroatoms. The van der Waals surface area contributed by atoms with Gasteiger partial charge in [-0.2, -0.15) is 0 Å². The Balaban J connectivity index is 2.31. The van der Waals surface area contributed by atoms with Gasteiger partial charge in [0.1, 0.15) is 0 Å². The van der Waals surface area contributed by atoms with Crippen molar-refractivity contribution in [3.05, 3.63) is 60.2 Å². The van der Waals surface area contributed by atoms with Crippen molar-refractivity contribution >= 4 is 9.28 Å². The Morgan fingerprint density at radius 2 is 1.44 bits per heavy atom. The van der Waals surface area contributed by atoms with Gasteiger partial charge in [0.25, 0.3) is 0 Å². The second-order valence-electron chi connectivity index (χ2n) is 4.13. The van der Waals surface area contributed by atoms with Crippen molar-refractivity contribution in [2.24, 2.45) is 0 Å². The molecule has 0 atom stereocenters. The Morgan fingerprint density at radius 3 is 2.11 bits per heavy atom. The molecule has 0 unspecified atom stereocenters. The maximum atomic E-state index is 5.41. The fraction of sp³-hybridized carbons (Fsp3) is 0.200. The standard InChI is InChI=1S/C15H18O2Si/c1-16-18(17-2)12-14-10-6-7-11-15(14)13-8-4-3-5-9-13/h3-11,18H,12H2,1-2H3. The molecule has 0 aliphatic carbocycles. The molecule has 2 aromatic carbocycles. The molecule has 0 amide bonds. The minimum Gasteiger partial charge on any atom is -0.400 e. The maximum Gasteiger partial charge on any atom is 0.325 e. The van der Waals surface area contributed by atoms with Crippen molar-refractivity contribution in [3.8, 4) is 11.1 Å². The van der Waals surface area contributed by atoms with Crippen LogP contribution in [0.4, 0.5) is 0 Å². The summed E-state index contributed by atoms with van der Waals surface area (Å²) >= 11 is 0. The van der Waals surface area contributed by atoms with Crippen molar-refractivity contribution in [3.63, 3.8) is 0 Å². The SMILES string of the molecule is CO[SiH](Cc1ccccc1-c1ccccc1)OC. The van der Waals surface area contributed by atoms with Crippen LogP contribution in [-0.2, 0) is 14.9 Å². The second kappa shape index (κ2) is 6.49. The predicted molar refractivity (Wildman–Crippen MR) is 76.7 cm³/mol. The average molecular weight is 258 g/mol. The number of rotatable bonds is 5. The van der Waals surface area contributed by atoms with Crippen LogP contribution in [0.15, 0.2) is 54.6 Å².